The van der Waals surface area contributed by atoms with Gasteiger partial charge in [-0.1, -0.05) is 0 Å². The van der Waals surface area contributed by atoms with Gasteiger partial charge in [-0.3, -0.25) is 9.59 Å². The van der Waals surface area contributed by atoms with Crippen molar-refractivity contribution < 1.29 is 18.7 Å². The van der Waals surface area contributed by atoms with E-state index >= 15 is 0 Å². The zero-order chi connectivity index (χ0) is 15.4. The Balaban J connectivity index is 1.88. The minimum absolute atomic E-state index is 0.00805. The fourth-order valence-corrected chi connectivity index (χ4v) is 2.45. The Morgan fingerprint density at radius 3 is 2.95 bits per heavy atom. The summed E-state index contributed by atoms with van der Waals surface area (Å²) in [6.45, 7) is 5.21. The summed E-state index contributed by atoms with van der Waals surface area (Å²) in [6, 6.07) is 3.52. The summed E-state index contributed by atoms with van der Waals surface area (Å²) in [5.74, 6) is 1.14. The smallest absolute Gasteiger partial charge is 0.226 e. The van der Waals surface area contributed by atoms with Gasteiger partial charge in [0.25, 0.3) is 0 Å². The number of carbonyl (C=O) groups is 2. The summed E-state index contributed by atoms with van der Waals surface area (Å²) in [5, 5.41) is 2.91. The number of hydrogen-bond acceptors (Lipinski definition) is 4. The topological polar surface area (TPSA) is 71.8 Å². The molecule has 1 fully saturated rings. The first kappa shape index (κ1) is 15.6. The second kappa shape index (κ2) is 6.76. The fraction of sp³-hybridized carbons (Fsp3) is 0.600. The number of furan rings is 1. The summed E-state index contributed by atoms with van der Waals surface area (Å²) < 4.78 is 10.5. The van der Waals surface area contributed by atoms with Crippen LogP contribution >= 0.6 is 0 Å². The number of hydrogen-bond donors (Lipinski definition) is 1. The van der Waals surface area contributed by atoms with Gasteiger partial charge in [-0.2, -0.15) is 0 Å². The van der Waals surface area contributed by atoms with Gasteiger partial charge in [0.05, 0.1) is 18.6 Å². The van der Waals surface area contributed by atoms with Crippen LogP contribution in [0, 0.1) is 12.8 Å². The molecule has 21 heavy (non-hydrogen) atoms. The molecule has 0 saturated carbocycles. The van der Waals surface area contributed by atoms with E-state index in [2.05, 4.69) is 5.32 Å². The lowest BCUT2D eigenvalue weighted by atomic mass is 10.1. The third kappa shape index (κ3) is 3.85. The first-order chi connectivity index (χ1) is 10.0. The number of aryl methyl sites for hydroxylation is 1. The van der Waals surface area contributed by atoms with E-state index in [-0.39, 0.29) is 30.2 Å². The summed E-state index contributed by atoms with van der Waals surface area (Å²) in [6.07, 6.45) is 0.263. The predicted octanol–water partition coefficient (Wildman–Crippen LogP) is 1.26. The maximum Gasteiger partial charge on any atom is 0.226 e. The minimum atomic E-state index is -0.298. The SMILES string of the molecule is COCCN1C[C@@H](C(=O)N[C@H](C)c2ccc(C)o2)CC1=O. The van der Waals surface area contributed by atoms with Crippen molar-refractivity contribution in [3.63, 3.8) is 0 Å². The van der Waals surface area contributed by atoms with Gasteiger partial charge < -0.3 is 19.4 Å². The summed E-state index contributed by atoms with van der Waals surface area (Å²) in [5.41, 5.74) is 0. The van der Waals surface area contributed by atoms with Crippen LogP contribution < -0.4 is 5.32 Å². The average Bonchev–Trinajstić information content (AvgIpc) is 3.03. The molecule has 2 rings (SSSR count). The zero-order valence-electron chi connectivity index (χ0n) is 12.7. The third-order valence-electron chi connectivity index (χ3n) is 3.70. The van der Waals surface area contributed by atoms with Gasteiger partial charge in [-0.15, -0.1) is 0 Å². The number of rotatable bonds is 6. The van der Waals surface area contributed by atoms with Crippen LogP contribution in [0.5, 0.6) is 0 Å². The van der Waals surface area contributed by atoms with Gasteiger partial charge in [0, 0.05) is 26.6 Å². The quantitative estimate of drug-likeness (QED) is 0.857. The Morgan fingerprint density at radius 2 is 2.33 bits per heavy atom. The van der Waals surface area contributed by atoms with Gasteiger partial charge >= 0.3 is 0 Å². The molecule has 1 N–H and O–H groups in total. The van der Waals surface area contributed by atoms with Crippen LogP contribution in [-0.2, 0) is 14.3 Å². The number of likely N-dealkylation sites (tertiary alicyclic amines) is 1. The van der Waals surface area contributed by atoms with E-state index < -0.39 is 0 Å². The highest BCUT2D eigenvalue weighted by molar-refractivity contribution is 5.89. The number of carbonyl (C=O) groups excluding carboxylic acids is 2. The first-order valence-electron chi connectivity index (χ1n) is 7.14. The van der Waals surface area contributed by atoms with E-state index in [1.165, 1.54) is 0 Å². The van der Waals surface area contributed by atoms with Gasteiger partial charge in [0.1, 0.15) is 11.5 Å². The fourth-order valence-electron chi connectivity index (χ4n) is 2.45. The number of amides is 2. The van der Waals surface area contributed by atoms with E-state index in [4.69, 9.17) is 9.15 Å². The van der Waals surface area contributed by atoms with Crippen molar-refractivity contribution in [3.05, 3.63) is 23.7 Å². The van der Waals surface area contributed by atoms with Crippen LogP contribution in [0.4, 0.5) is 0 Å². The molecule has 1 aliphatic rings. The molecule has 6 nitrogen and oxygen atoms in total. The Morgan fingerprint density at radius 1 is 1.57 bits per heavy atom. The van der Waals surface area contributed by atoms with Crippen molar-refractivity contribution in [3.8, 4) is 0 Å². The summed E-state index contributed by atoms with van der Waals surface area (Å²) >= 11 is 0. The lowest BCUT2D eigenvalue weighted by Crippen LogP contribution is -2.35. The molecule has 116 valence electrons. The monoisotopic (exact) mass is 294 g/mol. The highest BCUT2D eigenvalue weighted by Crippen LogP contribution is 2.20. The predicted molar refractivity (Wildman–Crippen MR) is 76.6 cm³/mol. The molecular formula is C15H22N2O4. The van der Waals surface area contributed by atoms with E-state index in [9.17, 15) is 9.59 Å². The van der Waals surface area contributed by atoms with E-state index in [1.54, 1.807) is 12.0 Å². The highest BCUT2D eigenvalue weighted by atomic mass is 16.5. The summed E-state index contributed by atoms with van der Waals surface area (Å²) in [4.78, 5) is 25.7. The molecule has 0 spiro atoms. The van der Waals surface area contributed by atoms with E-state index in [1.807, 2.05) is 26.0 Å². The number of nitrogens with one attached hydrogen (secondary N) is 1. The Kier molecular flexibility index (Phi) is 5.01. The lowest BCUT2D eigenvalue weighted by Gasteiger charge is -2.17. The first-order valence-corrected chi connectivity index (χ1v) is 7.14. The Hall–Kier alpha value is -1.82. The van der Waals surface area contributed by atoms with Crippen LogP contribution in [0.25, 0.3) is 0 Å². The molecule has 1 aliphatic heterocycles. The molecule has 6 heteroatoms. The normalized spacial score (nSPS) is 19.9. The zero-order valence-corrected chi connectivity index (χ0v) is 12.7. The van der Waals surface area contributed by atoms with Crippen molar-refractivity contribution in [2.24, 2.45) is 5.92 Å². The van der Waals surface area contributed by atoms with Crippen LogP contribution in [0.15, 0.2) is 16.5 Å². The number of methoxy groups -OCH3 is 1. The molecule has 1 aromatic rings. The molecule has 1 aromatic heterocycles. The molecular weight excluding hydrogens is 272 g/mol. The van der Waals surface area contributed by atoms with Crippen LogP contribution in [0.1, 0.15) is 30.9 Å². The van der Waals surface area contributed by atoms with Crippen molar-refractivity contribution in [2.75, 3.05) is 26.8 Å². The molecule has 0 aromatic carbocycles. The van der Waals surface area contributed by atoms with Gasteiger partial charge in [-0.05, 0) is 26.0 Å². The second-order valence-electron chi connectivity index (χ2n) is 5.41. The van der Waals surface area contributed by atoms with Crippen molar-refractivity contribution in [1.82, 2.24) is 10.2 Å². The van der Waals surface area contributed by atoms with Crippen molar-refractivity contribution in [2.45, 2.75) is 26.3 Å². The molecule has 2 heterocycles. The van der Waals surface area contributed by atoms with Crippen molar-refractivity contribution >= 4 is 11.8 Å². The molecule has 0 aliphatic carbocycles. The number of nitrogens with zero attached hydrogens (tertiary/aromatic N) is 1. The maximum absolute atomic E-state index is 12.2. The molecule has 0 unspecified atom stereocenters. The van der Waals surface area contributed by atoms with Gasteiger partial charge in [0.15, 0.2) is 0 Å². The second-order valence-corrected chi connectivity index (χ2v) is 5.41. The average molecular weight is 294 g/mol. The van der Waals surface area contributed by atoms with Crippen LogP contribution in [0.2, 0.25) is 0 Å². The molecule has 1 saturated heterocycles. The molecule has 2 atom stereocenters. The number of ether oxygens (including phenoxy) is 1. The summed E-state index contributed by atoms with van der Waals surface area (Å²) in [7, 11) is 1.60. The Bertz CT molecular complexity index is 512. The van der Waals surface area contributed by atoms with Gasteiger partial charge in [0.2, 0.25) is 11.8 Å². The van der Waals surface area contributed by atoms with E-state index in [0.717, 1.165) is 11.5 Å². The molecule has 0 radical (unpaired) electrons. The molecule has 0 bridgehead atoms. The van der Waals surface area contributed by atoms with Crippen LogP contribution in [0.3, 0.4) is 0 Å². The molecule has 2 amide bonds. The Labute approximate surface area is 124 Å². The third-order valence-corrected chi connectivity index (χ3v) is 3.70. The lowest BCUT2D eigenvalue weighted by molar-refractivity contribution is -0.129. The van der Waals surface area contributed by atoms with Crippen LogP contribution in [-0.4, -0.2) is 43.5 Å². The van der Waals surface area contributed by atoms with Crippen molar-refractivity contribution in [1.29, 1.82) is 0 Å². The highest BCUT2D eigenvalue weighted by Gasteiger charge is 2.34. The largest absolute Gasteiger partial charge is 0.464 e. The minimum Gasteiger partial charge on any atom is -0.464 e. The maximum atomic E-state index is 12.2. The van der Waals surface area contributed by atoms with E-state index in [0.29, 0.717) is 19.7 Å². The standard InChI is InChI=1S/C15H22N2O4/c1-10-4-5-13(21-10)11(2)16-15(19)12-8-14(18)17(9-12)6-7-20-3/h4-5,11-12H,6-9H2,1-3H3,(H,16,19)/t11-,12+/m1/s1. The van der Waals surface area contributed by atoms with Gasteiger partial charge in [-0.25, -0.2) is 0 Å².